The van der Waals surface area contributed by atoms with E-state index in [1.165, 1.54) is 0 Å². The second-order valence-electron chi connectivity index (χ2n) is 4.18. The topological polar surface area (TPSA) is 17.1 Å². The van der Waals surface area contributed by atoms with Gasteiger partial charge in [0.1, 0.15) is 5.78 Å². The van der Waals surface area contributed by atoms with E-state index >= 15 is 0 Å². The van der Waals surface area contributed by atoms with Gasteiger partial charge < -0.3 is 0 Å². The van der Waals surface area contributed by atoms with Crippen LogP contribution in [0.4, 0.5) is 0 Å². The molecule has 1 fully saturated rings. The maximum Gasteiger partial charge on any atom is 0.133 e. The molecule has 11 heavy (non-hydrogen) atoms. The number of Topliss-reactive ketones (excluding diaryl/α,β-unsaturated/α-hetero) is 1. The van der Waals surface area contributed by atoms with Crippen LogP contribution in [0, 0.1) is 11.3 Å². The molecular weight excluding hydrogens is 136 g/mol. The Bertz CT molecular complexity index is 217. The molecule has 1 nitrogen and oxygen atoms in total. The first-order valence-electron chi connectivity index (χ1n) is 4.37. The molecule has 0 aliphatic heterocycles. The molecule has 0 amide bonds. The molecule has 2 rings (SSSR count). The second kappa shape index (κ2) is 2.20. The van der Waals surface area contributed by atoms with Gasteiger partial charge in [0.25, 0.3) is 0 Å². The number of carbonyl (C=O) groups is 1. The van der Waals surface area contributed by atoms with E-state index in [0.717, 1.165) is 25.7 Å². The Morgan fingerprint density at radius 2 is 2.36 bits per heavy atom. The molecule has 0 aromatic rings. The van der Waals surface area contributed by atoms with E-state index in [2.05, 4.69) is 19.1 Å². The molecule has 2 aliphatic carbocycles. The lowest BCUT2D eigenvalue weighted by atomic mass is 9.73. The number of fused-ring (bicyclic) bond motifs is 1. The van der Waals surface area contributed by atoms with Crippen molar-refractivity contribution in [2.45, 2.75) is 32.6 Å². The zero-order valence-corrected chi connectivity index (χ0v) is 6.97. The molecule has 60 valence electrons. The van der Waals surface area contributed by atoms with Crippen molar-refractivity contribution in [3.63, 3.8) is 0 Å². The van der Waals surface area contributed by atoms with Crippen LogP contribution in [0.5, 0.6) is 0 Å². The quantitative estimate of drug-likeness (QED) is 0.484. The van der Waals surface area contributed by atoms with Gasteiger partial charge in [-0.2, -0.15) is 0 Å². The summed E-state index contributed by atoms with van der Waals surface area (Å²) in [6.45, 7) is 2.26. The molecule has 0 heterocycles. The summed E-state index contributed by atoms with van der Waals surface area (Å²) in [5.41, 5.74) is 0.325. The van der Waals surface area contributed by atoms with Crippen molar-refractivity contribution < 1.29 is 4.79 Å². The van der Waals surface area contributed by atoms with Gasteiger partial charge in [0.15, 0.2) is 0 Å². The summed E-state index contributed by atoms with van der Waals surface area (Å²) in [5.74, 6) is 1.13. The van der Waals surface area contributed by atoms with E-state index in [0.29, 0.717) is 17.1 Å². The maximum atomic E-state index is 11.2. The van der Waals surface area contributed by atoms with Crippen LogP contribution < -0.4 is 0 Å². The summed E-state index contributed by atoms with van der Waals surface area (Å²) in [6.07, 6.45) is 8.36. The lowest BCUT2D eigenvalue weighted by molar-refractivity contribution is -0.118. The van der Waals surface area contributed by atoms with Crippen molar-refractivity contribution in [3.05, 3.63) is 12.2 Å². The molecule has 0 bridgehead atoms. The molecule has 2 aliphatic rings. The van der Waals surface area contributed by atoms with E-state index < -0.39 is 0 Å². The third-order valence-corrected chi connectivity index (χ3v) is 3.23. The minimum Gasteiger partial charge on any atom is -0.300 e. The van der Waals surface area contributed by atoms with Gasteiger partial charge >= 0.3 is 0 Å². The van der Waals surface area contributed by atoms with Crippen molar-refractivity contribution in [1.82, 2.24) is 0 Å². The molecule has 0 radical (unpaired) electrons. The monoisotopic (exact) mass is 150 g/mol. The predicted octanol–water partition coefficient (Wildman–Crippen LogP) is 2.32. The minimum absolute atomic E-state index is 0.325. The number of hydrogen-bond acceptors (Lipinski definition) is 1. The highest BCUT2D eigenvalue weighted by Crippen LogP contribution is 2.48. The highest BCUT2D eigenvalue weighted by Gasteiger charge is 2.42. The van der Waals surface area contributed by atoms with Gasteiger partial charge in [-0.05, 0) is 24.2 Å². The number of ketones is 1. The van der Waals surface area contributed by atoms with E-state index in [1.54, 1.807) is 0 Å². The first kappa shape index (κ1) is 7.08. The number of hydrogen-bond donors (Lipinski definition) is 0. The van der Waals surface area contributed by atoms with Crippen molar-refractivity contribution in [2.75, 3.05) is 0 Å². The lowest BCUT2D eigenvalue weighted by Crippen LogP contribution is -2.22. The summed E-state index contributed by atoms with van der Waals surface area (Å²) >= 11 is 0. The van der Waals surface area contributed by atoms with E-state index in [4.69, 9.17) is 0 Å². The fourth-order valence-electron chi connectivity index (χ4n) is 2.41. The van der Waals surface area contributed by atoms with Crippen molar-refractivity contribution in [1.29, 1.82) is 0 Å². The Morgan fingerprint density at radius 1 is 1.55 bits per heavy atom. The van der Waals surface area contributed by atoms with Crippen molar-refractivity contribution in [3.8, 4) is 0 Å². The van der Waals surface area contributed by atoms with Gasteiger partial charge in [0.2, 0.25) is 0 Å². The van der Waals surface area contributed by atoms with Crippen LogP contribution in [0.15, 0.2) is 12.2 Å². The lowest BCUT2D eigenvalue weighted by Gasteiger charge is -2.31. The molecule has 1 heteroatoms. The van der Waals surface area contributed by atoms with Crippen molar-refractivity contribution >= 4 is 5.78 Å². The number of carbonyl (C=O) groups excluding carboxylic acids is 1. The Balaban J connectivity index is 2.24. The summed E-state index contributed by atoms with van der Waals surface area (Å²) in [5, 5.41) is 0. The average Bonchev–Trinajstić information content (AvgIpc) is 2.22. The van der Waals surface area contributed by atoms with Crippen LogP contribution in [-0.2, 0) is 4.79 Å². The van der Waals surface area contributed by atoms with Crippen LogP contribution >= 0.6 is 0 Å². The molecule has 0 aromatic carbocycles. The third-order valence-electron chi connectivity index (χ3n) is 3.23. The van der Waals surface area contributed by atoms with Crippen LogP contribution in [0.1, 0.15) is 32.6 Å². The van der Waals surface area contributed by atoms with E-state index in [1.807, 2.05) is 0 Å². The first-order valence-corrected chi connectivity index (χ1v) is 4.37. The zero-order chi connectivity index (χ0) is 7.90. The molecule has 0 N–H and O–H groups in total. The van der Waals surface area contributed by atoms with Crippen LogP contribution in [0.25, 0.3) is 0 Å². The largest absolute Gasteiger partial charge is 0.300 e. The Labute approximate surface area is 67.5 Å². The molecule has 0 saturated heterocycles. The minimum atomic E-state index is 0.325. The summed E-state index contributed by atoms with van der Waals surface area (Å²) in [4.78, 5) is 11.2. The van der Waals surface area contributed by atoms with Crippen LogP contribution in [-0.4, -0.2) is 5.78 Å². The van der Waals surface area contributed by atoms with Gasteiger partial charge in [-0.15, -0.1) is 0 Å². The standard InChI is InChI=1S/C10H14O/c1-10-5-3-2-4-8(10)6-9(11)7-10/h2-3,8H,4-7H2,1H3/t8?,10-/m1/s1. The molecule has 1 unspecified atom stereocenters. The number of allylic oxidation sites excluding steroid dienone is 2. The van der Waals surface area contributed by atoms with Gasteiger partial charge in [0, 0.05) is 12.8 Å². The maximum absolute atomic E-state index is 11.2. The fraction of sp³-hybridized carbons (Fsp3) is 0.700. The normalized spacial score (nSPS) is 42.6. The molecule has 2 atom stereocenters. The average molecular weight is 150 g/mol. The Hall–Kier alpha value is -0.590. The summed E-state index contributed by atoms with van der Waals surface area (Å²) in [7, 11) is 0. The molecule has 1 saturated carbocycles. The zero-order valence-electron chi connectivity index (χ0n) is 6.97. The third kappa shape index (κ3) is 1.03. The van der Waals surface area contributed by atoms with E-state index in [9.17, 15) is 4.79 Å². The van der Waals surface area contributed by atoms with E-state index in [-0.39, 0.29) is 0 Å². The SMILES string of the molecule is C[C@]12CC=CCC1CC(=O)C2. The second-order valence-corrected chi connectivity index (χ2v) is 4.18. The summed E-state index contributed by atoms with van der Waals surface area (Å²) in [6, 6.07) is 0. The molecule has 0 spiro atoms. The van der Waals surface area contributed by atoms with Gasteiger partial charge in [-0.1, -0.05) is 19.1 Å². The summed E-state index contributed by atoms with van der Waals surface area (Å²) < 4.78 is 0. The van der Waals surface area contributed by atoms with Crippen LogP contribution in [0.3, 0.4) is 0 Å². The van der Waals surface area contributed by atoms with Crippen molar-refractivity contribution in [2.24, 2.45) is 11.3 Å². The van der Waals surface area contributed by atoms with Gasteiger partial charge in [0.05, 0.1) is 0 Å². The Kier molecular flexibility index (Phi) is 1.41. The fourth-order valence-corrected chi connectivity index (χ4v) is 2.41. The molecular formula is C10H14O. The predicted molar refractivity (Wildman–Crippen MR) is 44.2 cm³/mol. The molecule has 0 aromatic heterocycles. The number of rotatable bonds is 0. The Morgan fingerprint density at radius 3 is 3.09 bits per heavy atom. The first-order chi connectivity index (χ1) is 5.21. The van der Waals surface area contributed by atoms with Crippen LogP contribution in [0.2, 0.25) is 0 Å². The van der Waals surface area contributed by atoms with Gasteiger partial charge in [-0.3, -0.25) is 4.79 Å². The smallest absolute Gasteiger partial charge is 0.133 e. The highest BCUT2D eigenvalue weighted by molar-refractivity contribution is 5.82. The highest BCUT2D eigenvalue weighted by atomic mass is 16.1. The van der Waals surface area contributed by atoms with Gasteiger partial charge in [-0.25, -0.2) is 0 Å².